The smallest absolute Gasteiger partial charge is 0.254 e. The van der Waals surface area contributed by atoms with Crippen LogP contribution in [0.5, 0.6) is 5.75 Å². The van der Waals surface area contributed by atoms with Crippen molar-refractivity contribution in [3.8, 4) is 5.75 Å². The summed E-state index contributed by atoms with van der Waals surface area (Å²) in [5.41, 5.74) is 0.392. The molecule has 0 saturated carbocycles. The first-order valence-electron chi connectivity index (χ1n) is 13.3. The van der Waals surface area contributed by atoms with E-state index in [-0.39, 0.29) is 23.7 Å². The van der Waals surface area contributed by atoms with Crippen LogP contribution in [0.2, 0.25) is 0 Å². The van der Waals surface area contributed by atoms with E-state index in [4.69, 9.17) is 4.74 Å². The Labute approximate surface area is 212 Å². The van der Waals surface area contributed by atoms with Gasteiger partial charge in [0.2, 0.25) is 5.91 Å². The largest absolute Gasteiger partial charge is 0.492 e. The van der Waals surface area contributed by atoms with Crippen molar-refractivity contribution in [2.24, 2.45) is 0 Å². The van der Waals surface area contributed by atoms with Gasteiger partial charge in [0.05, 0.1) is 17.6 Å². The average Bonchev–Trinajstić information content (AvgIpc) is 3.47. The zero-order valence-electron chi connectivity index (χ0n) is 21.0. The predicted molar refractivity (Wildman–Crippen MR) is 136 cm³/mol. The lowest BCUT2D eigenvalue weighted by Crippen LogP contribution is -2.56. The molecule has 0 unspecified atom stereocenters. The monoisotopic (exact) mass is 493 g/mol. The minimum absolute atomic E-state index is 0.00261. The molecule has 2 aromatic rings. The average molecular weight is 494 g/mol. The summed E-state index contributed by atoms with van der Waals surface area (Å²) in [4.78, 5) is 30.9. The molecular weight excluding hydrogens is 457 g/mol. The molecule has 192 valence electrons. The highest BCUT2D eigenvalue weighted by Crippen LogP contribution is 2.46. The first-order chi connectivity index (χ1) is 17.4. The van der Waals surface area contributed by atoms with Crippen molar-refractivity contribution >= 4 is 11.8 Å². The topological polar surface area (TPSA) is 61.9 Å². The number of hydrogen-bond donors (Lipinski definition) is 1. The Hall–Kier alpha value is -2.93. The minimum atomic E-state index is -0.621. The van der Waals surface area contributed by atoms with Gasteiger partial charge in [-0.1, -0.05) is 30.7 Å². The van der Waals surface area contributed by atoms with Crippen molar-refractivity contribution in [1.82, 2.24) is 15.1 Å². The van der Waals surface area contributed by atoms with E-state index < -0.39 is 11.6 Å². The number of halogens is 1. The number of amides is 2. The number of carbonyl (C=O) groups is 2. The Bertz CT molecular complexity index is 1100. The van der Waals surface area contributed by atoms with Crippen LogP contribution in [0.1, 0.15) is 73.8 Å². The molecule has 6 nitrogen and oxygen atoms in total. The first kappa shape index (κ1) is 24.8. The molecule has 3 heterocycles. The van der Waals surface area contributed by atoms with Gasteiger partial charge < -0.3 is 15.0 Å². The molecule has 2 aromatic carbocycles. The van der Waals surface area contributed by atoms with Crippen molar-refractivity contribution in [3.05, 3.63) is 65.5 Å². The summed E-state index contributed by atoms with van der Waals surface area (Å²) < 4.78 is 21.0. The van der Waals surface area contributed by atoms with E-state index in [2.05, 4.69) is 10.2 Å². The van der Waals surface area contributed by atoms with E-state index in [0.29, 0.717) is 36.3 Å². The highest BCUT2D eigenvalue weighted by molar-refractivity contribution is 5.95. The molecule has 0 radical (unpaired) electrons. The number of benzene rings is 2. The summed E-state index contributed by atoms with van der Waals surface area (Å²) in [5.74, 6) is 0.174. The van der Waals surface area contributed by atoms with Crippen molar-refractivity contribution in [2.75, 3.05) is 26.2 Å². The molecule has 3 saturated heterocycles. The second-order valence-electron chi connectivity index (χ2n) is 10.6. The third-order valence-electron chi connectivity index (χ3n) is 8.04. The second-order valence-corrected chi connectivity index (χ2v) is 10.6. The molecular formula is C29H36FN3O3. The molecule has 7 heteroatoms. The minimum Gasteiger partial charge on any atom is -0.492 e. The van der Waals surface area contributed by atoms with Crippen LogP contribution >= 0.6 is 0 Å². The van der Waals surface area contributed by atoms with Gasteiger partial charge in [-0.2, -0.15) is 0 Å². The fraction of sp³-hybridized carbons (Fsp3) is 0.517. The standard InChI is InChI=1S/C29H36FN3O3/c1-29-20-25(23-11-2-3-12-24(23)30)33(26(29)13-4-5-14-27(34)31-29)28(35)21-9-8-10-22(19-21)36-18-17-32-15-6-7-16-32/h2-3,8-12,19,25-26H,4-7,13-18,20H2,1H3,(H,31,34)/t25-,26-,29-/m0/s1. The molecule has 3 atom stereocenters. The van der Waals surface area contributed by atoms with Crippen LogP contribution in [0.25, 0.3) is 0 Å². The Morgan fingerprint density at radius 3 is 2.72 bits per heavy atom. The summed E-state index contributed by atoms with van der Waals surface area (Å²) in [6.45, 7) is 5.68. The zero-order valence-corrected chi connectivity index (χ0v) is 21.0. The van der Waals surface area contributed by atoms with Gasteiger partial charge in [-0.15, -0.1) is 0 Å². The van der Waals surface area contributed by atoms with Gasteiger partial charge in [-0.3, -0.25) is 14.5 Å². The number of rotatable bonds is 6. The molecule has 0 bridgehead atoms. The number of carbonyl (C=O) groups excluding carboxylic acids is 2. The lowest BCUT2D eigenvalue weighted by Gasteiger charge is -2.38. The third-order valence-corrected chi connectivity index (χ3v) is 8.04. The fourth-order valence-corrected chi connectivity index (χ4v) is 6.21. The van der Waals surface area contributed by atoms with Crippen LogP contribution < -0.4 is 10.1 Å². The van der Waals surface area contributed by atoms with E-state index in [1.165, 1.54) is 18.9 Å². The molecule has 0 spiro atoms. The van der Waals surface area contributed by atoms with Gasteiger partial charge >= 0.3 is 0 Å². The van der Waals surface area contributed by atoms with Crippen molar-refractivity contribution in [1.29, 1.82) is 0 Å². The van der Waals surface area contributed by atoms with E-state index >= 15 is 4.39 Å². The Morgan fingerprint density at radius 1 is 1.11 bits per heavy atom. The summed E-state index contributed by atoms with van der Waals surface area (Å²) in [6.07, 6.45) is 5.83. The summed E-state index contributed by atoms with van der Waals surface area (Å²) in [5, 5.41) is 3.19. The lowest BCUT2D eigenvalue weighted by molar-refractivity contribution is -0.123. The van der Waals surface area contributed by atoms with Gasteiger partial charge in [0.15, 0.2) is 0 Å². The molecule has 3 fully saturated rings. The number of fused-ring (bicyclic) bond motifs is 1. The highest BCUT2D eigenvalue weighted by Gasteiger charge is 2.53. The number of ether oxygens (including phenoxy) is 1. The van der Waals surface area contributed by atoms with Crippen LogP contribution in [0, 0.1) is 5.82 Å². The molecule has 5 rings (SSSR count). The first-order valence-corrected chi connectivity index (χ1v) is 13.3. The van der Waals surface area contributed by atoms with Crippen molar-refractivity contribution in [2.45, 2.75) is 69.5 Å². The second kappa shape index (κ2) is 10.6. The zero-order chi connectivity index (χ0) is 25.1. The van der Waals surface area contributed by atoms with E-state index in [1.54, 1.807) is 30.3 Å². The number of likely N-dealkylation sites (tertiary alicyclic amines) is 2. The van der Waals surface area contributed by atoms with Gasteiger partial charge in [0.25, 0.3) is 5.91 Å². The SMILES string of the molecule is C[C@]12C[C@@H](c3ccccc3F)N(C(=O)c3cccc(OCCN4CCCC4)c3)[C@H]1CCCCC(=O)N2. The van der Waals surface area contributed by atoms with E-state index in [1.807, 2.05) is 24.0 Å². The van der Waals surface area contributed by atoms with Crippen molar-refractivity contribution < 1.29 is 18.7 Å². The van der Waals surface area contributed by atoms with Crippen LogP contribution in [0.3, 0.4) is 0 Å². The molecule has 2 amide bonds. The Kier molecular flexibility index (Phi) is 7.28. The van der Waals surface area contributed by atoms with Gasteiger partial charge in [-0.25, -0.2) is 4.39 Å². The van der Waals surface area contributed by atoms with E-state index in [9.17, 15) is 9.59 Å². The van der Waals surface area contributed by atoms with Crippen LogP contribution in [-0.4, -0.2) is 59.4 Å². The maximum absolute atomic E-state index is 15.0. The summed E-state index contributed by atoms with van der Waals surface area (Å²) in [7, 11) is 0. The molecule has 36 heavy (non-hydrogen) atoms. The van der Waals surface area contributed by atoms with Crippen LogP contribution in [-0.2, 0) is 4.79 Å². The predicted octanol–water partition coefficient (Wildman–Crippen LogP) is 4.71. The van der Waals surface area contributed by atoms with Crippen LogP contribution in [0.4, 0.5) is 4.39 Å². The molecule has 0 aliphatic carbocycles. The van der Waals surface area contributed by atoms with E-state index in [0.717, 1.165) is 38.9 Å². The Morgan fingerprint density at radius 2 is 1.92 bits per heavy atom. The summed E-state index contributed by atoms with van der Waals surface area (Å²) >= 11 is 0. The molecule has 3 aliphatic rings. The number of nitrogens with one attached hydrogen (secondary N) is 1. The van der Waals surface area contributed by atoms with Gasteiger partial charge in [0.1, 0.15) is 18.2 Å². The third kappa shape index (κ3) is 5.12. The van der Waals surface area contributed by atoms with Crippen molar-refractivity contribution in [3.63, 3.8) is 0 Å². The number of hydrogen-bond acceptors (Lipinski definition) is 4. The maximum Gasteiger partial charge on any atom is 0.254 e. The normalized spacial score (nSPS) is 26.7. The van der Waals surface area contributed by atoms with Gasteiger partial charge in [0, 0.05) is 24.1 Å². The lowest BCUT2D eigenvalue weighted by atomic mass is 9.85. The maximum atomic E-state index is 15.0. The number of nitrogens with zero attached hydrogens (tertiary/aromatic N) is 2. The molecule has 0 aromatic heterocycles. The molecule has 3 aliphatic heterocycles. The fourth-order valence-electron chi connectivity index (χ4n) is 6.21. The summed E-state index contributed by atoms with van der Waals surface area (Å²) in [6, 6.07) is 13.3. The quantitative estimate of drug-likeness (QED) is 0.634. The van der Waals surface area contributed by atoms with Crippen LogP contribution in [0.15, 0.2) is 48.5 Å². The Balaban J connectivity index is 1.42. The van der Waals surface area contributed by atoms with Gasteiger partial charge in [-0.05, 0) is 76.4 Å². The highest BCUT2D eigenvalue weighted by atomic mass is 19.1. The molecule has 1 N–H and O–H groups in total.